The van der Waals surface area contributed by atoms with Crippen LogP contribution in [-0.2, 0) is 4.79 Å². The zero-order chi connectivity index (χ0) is 23.5. The summed E-state index contributed by atoms with van der Waals surface area (Å²) in [6.07, 6.45) is 3.65. The number of nitrogens with one attached hydrogen (secondary N) is 5. The van der Waals surface area contributed by atoms with Gasteiger partial charge in [-0.3, -0.25) is 4.79 Å². The predicted octanol–water partition coefficient (Wildman–Crippen LogP) is 6.55. The molecule has 0 aliphatic carbocycles. The van der Waals surface area contributed by atoms with E-state index >= 15 is 0 Å². The topological polar surface area (TPSA) is 98.0 Å². The molecule has 1 aromatic heterocycles. The summed E-state index contributed by atoms with van der Waals surface area (Å²) in [6, 6.07) is 23.4. The summed E-state index contributed by atoms with van der Waals surface area (Å²) in [7, 11) is 0. The number of aromatic nitrogens is 1. The van der Waals surface area contributed by atoms with Crippen LogP contribution in [0.3, 0.4) is 0 Å². The van der Waals surface area contributed by atoms with Crippen molar-refractivity contribution in [3.8, 4) is 0 Å². The first-order valence-electron chi connectivity index (χ1n) is 10.5. The van der Waals surface area contributed by atoms with Crippen LogP contribution in [0.2, 0.25) is 5.02 Å². The quantitative estimate of drug-likeness (QED) is 0.214. The third kappa shape index (κ3) is 4.79. The van der Waals surface area contributed by atoms with Crippen molar-refractivity contribution >= 4 is 63.6 Å². The Labute approximate surface area is 200 Å². The molecule has 3 amide bonds. The third-order valence-corrected chi connectivity index (χ3v) is 5.45. The van der Waals surface area contributed by atoms with Crippen molar-refractivity contribution in [1.29, 1.82) is 0 Å². The molecule has 4 aromatic rings. The van der Waals surface area contributed by atoms with E-state index in [1.54, 1.807) is 30.3 Å². The molecule has 0 unspecified atom stereocenters. The van der Waals surface area contributed by atoms with Crippen LogP contribution in [0.5, 0.6) is 0 Å². The number of H-pyrrole nitrogens is 1. The Bertz CT molecular complexity index is 1410. The second-order valence-electron chi connectivity index (χ2n) is 7.69. The molecule has 34 heavy (non-hydrogen) atoms. The zero-order valence-corrected chi connectivity index (χ0v) is 18.6. The van der Waals surface area contributed by atoms with Crippen LogP contribution in [0.4, 0.5) is 33.2 Å². The Hall–Kier alpha value is -4.49. The summed E-state index contributed by atoms with van der Waals surface area (Å²) in [4.78, 5) is 27.9. The van der Waals surface area contributed by atoms with Gasteiger partial charge in [0.2, 0.25) is 0 Å². The van der Waals surface area contributed by atoms with Gasteiger partial charge in [-0.05, 0) is 66.7 Å². The average Bonchev–Trinajstić information content (AvgIpc) is 3.42. The second kappa shape index (κ2) is 9.17. The van der Waals surface area contributed by atoms with Gasteiger partial charge in [0.15, 0.2) is 0 Å². The molecule has 8 heteroatoms. The molecule has 2 heterocycles. The van der Waals surface area contributed by atoms with Crippen molar-refractivity contribution < 1.29 is 9.59 Å². The van der Waals surface area contributed by atoms with E-state index in [1.165, 1.54) is 0 Å². The normalized spacial score (nSPS) is 13.3. The molecule has 5 N–H and O–H groups in total. The number of hydrogen-bond donors (Lipinski definition) is 5. The minimum absolute atomic E-state index is 0.140. The van der Waals surface area contributed by atoms with Gasteiger partial charge in [-0.15, -0.1) is 0 Å². The van der Waals surface area contributed by atoms with Gasteiger partial charge in [0.05, 0.1) is 11.3 Å². The molecule has 0 bridgehead atoms. The van der Waals surface area contributed by atoms with Crippen molar-refractivity contribution in [3.05, 3.63) is 101 Å². The lowest BCUT2D eigenvalue weighted by Gasteiger charge is -2.11. The van der Waals surface area contributed by atoms with Gasteiger partial charge in [-0.1, -0.05) is 29.8 Å². The zero-order valence-electron chi connectivity index (χ0n) is 17.9. The van der Waals surface area contributed by atoms with E-state index in [-0.39, 0.29) is 11.9 Å². The standard InChI is InChI=1S/C26H20ClN5O2/c27-16-4-1-5-18(12-16)30-26(34)31-20-7-2-6-19(13-20)29-21-9-10-22-23(14-17-8-3-11-28-17)25(33)32-24(22)15-21/h1-15,28-29H,(H,32,33)(H2,30,31,34). The highest BCUT2D eigenvalue weighted by Crippen LogP contribution is 2.35. The van der Waals surface area contributed by atoms with Crippen molar-refractivity contribution in [2.75, 3.05) is 21.3 Å². The van der Waals surface area contributed by atoms with E-state index in [9.17, 15) is 9.59 Å². The Morgan fingerprint density at radius 1 is 0.824 bits per heavy atom. The molecule has 3 aromatic carbocycles. The first-order valence-corrected chi connectivity index (χ1v) is 10.9. The summed E-state index contributed by atoms with van der Waals surface area (Å²) < 4.78 is 0. The number of fused-ring (bicyclic) bond motifs is 1. The molecular formula is C26H20ClN5O2. The molecule has 0 saturated carbocycles. The number of halogens is 1. The summed E-state index contributed by atoms with van der Waals surface area (Å²) >= 11 is 5.96. The van der Waals surface area contributed by atoms with Crippen molar-refractivity contribution in [2.45, 2.75) is 0 Å². The first-order chi connectivity index (χ1) is 16.5. The molecule has 7 nitrogen and oxygen atoms in total. The van der Waals surface area contributed by atoms with E-state index in [2.05, 4.69) is 26.3 Å². The number of hydrogen-bond acceptors (Lipinski definition) is 3. The fourth-order valence-corrected chi connectivity index (χ4v) is 3.90. The van der Waals surface area contributed by atoms with E-state index in [1.807, 2.05) is 60.8 Å². The van der Waals surface area contributed by atoms with Crippen LogP contribution in [-0.4, -0.2) is 16.9 Å². The van der Waals surface area contributed by atoms with Crippen LogP contribution < -0.4 is 21.3 Å². The number of aromatic amines is 1. The maximum absolute atomic E-state index is 12.5. The van der Waals surface area contributed by atoms with Crippen LogP contribution in [0.25, 0.3) is 11.6 Å². The van der Waals surface area contributed by atoms with E-state index in [0.29, 0.717) is 22.0 Å². The van der Waals surface area contributed by atoms with E-state index < -0.39 is 0 Å². The number of carbonyl (C=O) groups excluding carboxylic acids is 2. The molecule has 0 spiro atoms. The number of rotatable bonds is 5. The van der Waals surface area contributed by atoms with Crippen LogP contribution >= 0.6 is 11.6 Å². The summed E-state index contributed by atoms with van der Waals surface area (Å²) in [6.45, 7) is 0. The number of amides is 3. The third-order valence-electron chi connectivity index (χ3n) is 5.22. The molecule has 0 fully saturated rings. The van der Waals surface area contributed by atoms with Crippen LogP contribution in [0.1, 0.15) is 11.3 Å². The Morgan fingerprint density at radius 3 is 2.32 bits per heavy atom. The average molecular weight is 470 g/mol. The molecule has 5 rings (SSSR count). The smallest absolute Gasteiger partial charge is 0.323 e. The predicted molar refractivity (Wildman–Crippen MR) is 138 cm³/mol. The molecule has 0 atom stereocenters. The molecule has 0 saturated heterocycles. The summed E-state index contributed by atoms with van der Waals surface area (Å²) in [5.74, 6) is -0.140. The number of benzene rings is 3. The molecular weight excluding hydrogens is 450 g/mol. The maximum Gasteiger partial charge on any atom is 0.323 e. The molecule has 1 aliphatic heterocycles. The fourth-order valence-electron chi connectivity index (χ4n) is 3.71. The van der Waals surface area contributed by atoms with Crippen molar-refractivity contribution in [1.82, 2.24) is 4.98 Å². The van der Waals surface area contributed by atoms with Gasteiger partial charge in [-0.25, -0.2) is 4.79 Å². The number of anilines is 5. The van der Waals surface area contributed by atoms with Gasteiger partial charge >= 0.3 is 6.03 Å². The van der Waals surface area contributed by atoms with Gasteiger partial charge in [-0.2, -0.15) is 0 Å². The Kier molecular flexibility index (Phi) is 5.76. The van der Waals surface area contributed by atoms with Crippen LogP contribution in [0.15, 0.2) is 85.1 Å². The maximum atomic E-state index is 12.5. The highest BCUT2D eigenvalue weighted by molar-refractivity contribution is 6.35. The monoisotopic (exact) mass is 469 g/mol. The fraction of sp³-hybridized carbons (Fsp3) is 0. The van der Waals surface area contributed by atoms with Gasteiger partial charge < -0.3 is 26.3 Å². The van der Waals surface area contributed by atoms with E-state index in [0.717, 1.165) is 28.3 Å². The summed E-state index contributed by atoms with van der Waals surface area (Å²) in [5.41, 5.74) is 5.87. The lowest BCUT2D eigenvalue weighted by atomic mass is 10.1. The molecule has 168 valence electrons. The minimum atomic E-state index is -0.374. The largest absolute Gasteiger partial charge is 0.362 e. The number of urea groups is 1. The summed E-state index contributed by atoms with van der Waals surface area (Å²) in [5, 5.41) is 12.3. The molecule has 1 aliphatic rings. The highest BCUT2D eigenvalue weighted by Gasteiger charge is 2.24. The van der Waals surface area contributed by atoms with Gasteiger partial charge in [0, 0.05) is 45.2 Å². The Balaban J connectivity index is 1.28. The molecule has 0 radical (unpaired) electrons. The SMILES string of the molecule is O=C(Nc1cccc(Cl)c1)Nc1cccc(Nc2ccc3c(c2)NC(=O)C3=Cc2ccc[nH]2)c1. The number of carbonyl (C=O) groups is 2. The highest BCUT2D eigenvalue weighted by atomic mass is 35.5. The second-order valence-corrected chi connectivity index (χ2v) is 8.13. The van der Waals surface area contributed by atoms with Crippen molar-refractivity contribution in [2.24, 2.45) is 0 Å². The first kappa shape index (κ1) is 21.4. The minimum Gasteiger partial charge on any atom is -0.362 e. The van der Waals surface area contributed by atoms with Gasteiger partial charge in [0.1, 0.15) is 0 Å². The Morgan fingerprint density at radius 2 is 1.56 bits per heavy atom. The van der Waals surface area contributed by atoms with E-state index in [4.69, 9.17) is 11.6 Å². The van der Waals surface area contributed by atoms with Crippen molar-refractivity contribution in [3.63, 3.8) is 0 Å². The lowest BCUT2D eigenvalue weighted by Crippen LogP contribution is -2.19. The van der Waals surface area contributed by atoms with Crippen LogP contribution in [0, 0.1) is 0 Å². The lowest BCUT2D eigenvalue weighted by molar-refractivity contribution is -0.110. The van der Waals surface area contributed by atoms with Gasteiger partial charge in [0.25, 0.3) is 5.91 Å².